The van der Waals surface area contributed by atoms with Crippen LogP contribution in [-0.4, -0.2) is 28.4 Å². The van der Waals surface area contributed by atoms with Crippen molar-refractivity contribution >= 4 is 23.3 Å². The van der Waals surface area contributed by atoms with Crippen LogP contribution in [0.2, 0.25) is 5.02 Å². The lowest BCUT2D eigenvalue weighted by molar-refractivity contribution is -0.122. The molecule has 3 aromatic rings. The minimum Gasteiger partial charge on any atom is -0.491 e. The molecule has 0 fully saturated rings. The van der Waals surface area contributed by atoms with Gasteiger partial charge in [-0.2, -0.15) is 0 Å². The third kappa shape index (κ3) is 5.26. The first kappa shape index (κ1) is 20.7. The zero-order valence-corrected chi connectivity index (χ0v) is 17.4. The molecular formula is C21H22ClN3O4. The van der Waals surface area contributed by atoms with Gasteiger partial charge in [0.1, 0.15) is 11.5 Å². The zero-order valence-electron chi connectivity index (χ0n) is 16.6. The number of carbonyl (C=O) groups is 1. The molecule has 2 aromatic carbocycles. The number of hydrogen-bond acceptors (Lipinski definition) is 6. The zero-order chi connectivity index (χ0) is 21.0. The minimum absolute atomic E-state index is 0.0790. The van der Waals surface area contributed by atoms with E-state index in [1.54, 1.807) is 25.1 Å². The predicted octanol–water partition coefficient (Wildman–Crippen LogP) is 4.89. The molecule has 1 unspecified atom stereocenters. The van der Waals surface area contributed by atoms with Crippen LogP contribution in [0.15, 0.2) is 47.1 Å². The van der Waals surface area contributed by atoms with Crippen molar-refractivity contribution in [1.29, 1.82) is 0 Å². The van der Waals surface area contributed by atoms with Crippen LogP contribution in [0.5, 0.6) is 11.5 Å². The SMILES string of the molecule is Cc1cc(OC(C)C(=O)Nc2nonc2-c2ccc(OC(C)C)cc2)ccc1Cl. The number of benzene rings is 2. The van der Waals surface area contributed by atoms with Crippen molar-refractivity contribution in [1.82, 2.24) is 10.3 Å². The van der Waals surface area contributed by atoms with Gasteiger partial charge in [0.2, 0.25) is 5.82 Å². The molecule has 0 saturated heterocycles. The maximum absolute atomic E-state index is 12.5. The molecule has 1 atom stereocenters. The van der Waals surface area contributed by atoms with Crippen LogP contribution < -0.4 is 14.8 Å². The Hall–Kier alpha value is -3.06. The first-order chi connectivity index (χ1) is 13.8. The molecule has 0 spiro atoms. The van der Waals surface area contributed by atoms with Crippen LogP contribution in [0.25, 0.3) is 11.3 Å². The molecule has 1 heterocycles. The normalized spacial score (nSPS) is 11.9. The van der Waals surface area contributed by atoms with E-state index in [1.807, 2.05) is 45.0 Å². The van der Waals surface area contributed by atoms with E-state index in [4.69, 9.17) is 25.7 Å². The van der Waals surface area contributed by atoms with Crippen LogP contribution in [0.3, 0.4) is 0 Å². The monoisotopic (exact) mass is 415 g/mol. The summed E-state index contributed by atoms with van der Waals surface area (Å²) in [5.41, 5.74) is 2.02. The molecule has 0 saturated carbocycles. The number of carbonyl (C=O) groups excluding carboxylic acids is 1. The van der Waals surface area contributed by atoms with Gasteiger partial charge in [0, 0.05) is 10.6 Å². The Balaban J connectivity index is 1.68. The fraction of sp³-hybridized carbons (Fsp3) is 0.286. The summed E-state index contributed by atoms with van der Waals surface area (Å²) in [5, 5.41) is 11.0. The van der Waals surface area contributed by atoms with E-state index < -0.39 is 6.10 Å². The first-order valence-corrected chi connectivity index (χ1v) is 9.54. The van der Waals surface area contributed by atoms with E-state index in [2.05, 4.69) is 15.6 Å². The van der Waals surface area contributed by atoms with Gasteiger partial charge < -0.3 is 14.8 Å². The average molecular weight is 416 g/mol. The Labute approximate surface area is 173 Å². The van der Waals surface area contributed by atoms with Gasteiger partial charge in [-0.1, -0.05) is 11.6 Å². The van der Waals surface area contributed by atoms with Crippen molar-refractivity contribution in [2.75, 3.05) is 5.32 Å². The molecule has 1 aromatic heterocycles. The Morgan fingerprint density at radius 2 is 1.72 bits per heavy atom. The molecule has 152 valence electrons. The number of aryl methyl sites for hydroxylation is 1. The fourth-order valence-corrected chi connectivity index (χ4v) is 2.71. The second kappa shape index (κ2) is 8.96. The van der Waals surface area contributed by atoms with Crippen LogP contribution >= 0.6 is 11.6 Å². The number of nitrogens with zero attached hydrogens (tertiary/aromatic N) is 2. The van der Waals surface area contributed by atoms with Gasteiger partial charge in [0.15, 0.2) is 11.8 Å². The highest BCUT2D eigenvalue weighted by Crippen LogP contribution is 2.27. The second-order valence-corrected chi connectivity index (χ2v) is 7.22. The van der Waals surface area contributed by atoms with E-state index in [0.717, 1.165) is 16.9 Å². The summed E-state index contributed by atoms with van der Waals surface area (Å²) in [6, 6.07) is 12.5. The van der Waals surface area contributed by atoms with E-state index >= 15 is 0 Å². The maximum atomic E-state index is 12.5. The Morgan fingerprint density at radius 1 is 1.03 bits per heavy atom. The third-order valence-corrected chi connectivity index (χ3v) is 4.47. The lowest BCUT2D eigenvalue weighted by Gasteiger charge is -2.14. The molecule has 1 N–H and O–H groups in total. The summed E-state index contributed by atoms with van der Waals surface area (Å²) < 4.78 is 16.1. The lowest BCUT2D eigenvalue weighted by atomic mass is 10.1. The number of rotatable bonds is 7. The number of halogens is 1. The molecule has 0 aliphatic carbocycles. The van der Waals surface area contributed by atoms with Crippen molar-refractivity contribution in [3.63, 3.8) is 0 Å². The van der Waals surface area contributed by atoms with Gasteiger partial charge in [-0.05, 0) is 86.0 Å². The summed E-state index contributed by atoms with van der Waals surface area (Å²) in [7, 11) is 0. The van der Waals surface area contributed by atoms with E-state index in [1.165, 1.54) is 0 Å². The van der Waals surface area contributed by atoms with Crippen LogP contribution in [0, 0.1) is 6.92 Å². The van der Waals surface area contributed by atoms with E-state index in [9.17, 15) is 4.79 Å². The third-order valence-electron chi connectivity index (χ3n) is 4.04. The number of amides is 1. The molecule has 7 nitrogen and oxygen atoms in total. The number of hydrogen-bond donors (Lipinski definition) is 1. The highest BCUT2D eigenvalue weighted by atomic mass is 35.5. The van der Waals surface area contributed by atoms with Crippen LogP contribution in [0.4, 0.5) is 5.82 Å². The molecule has 0 aliphatic rings. The molecule has 29 heavy (non-hydrogen) atoms. The van der Waals surface area contributed by atoms with Crippen molar-refractivity contribution in [2.24, 2.45) is 0 Å². The Morgan fingerprint density at radius 3 is 2.38 bits per heavy atom. The van der Waals surface area contributed by atoms with Gasteiger partial charge in [-0.25, -0.2) is 4.63 Å². The standard InChI is InChI=1S/C21H22ClN3O4/c1-12(2)27-16-7-5-15(6-8-16)19-20(25-29-24-19)23-21(26)14(4)28-17-9-10-18(22)13(3)11-17/h5-12,14H,1-4H3,(H,23,25,26). The van der Waals surface area contributed by atoms with E-state index in [-0.39, 0.29) is 17.8 Å². The van der Waals surface area contributed by atoms with Gasteiger partial charge >= 0.3 is 0 Å². The Kier molecular flexibility index (Phi) is 6.39. The summed E-state index contributed by atoms with van der Waals surface area (Å²) in [5.74, 6) is 1.13. The van der Waals surface area contributed by atoms with Crippen molar-refractivity contribution in [2.45, 2.75) is 39.9 Å². The van der Waals surface area contributed by atoms with Crippen molar-refractivity contribution < 1.29 is 18.9 Å². The highest BCUT2D eigenvalue weighted by molar-refractivity contribution is 6.31. The van der Waals surface area contributed by atoms with Gasteiger partial charge in [0.05, 0.1) is 6.10 Å². The van der Waals surface area contributed by atoms with Gasteiger partial charge in [-0.15, -0.1) is 0 Å². The Bertz CT molecular complexity index is 986. The van der Waals surface area contributed by atoms with Crippen molar-refractivity contribution in [3.05, 3.63) is 53.1 Å². The molecule has 0 radical (unpaired) electrons. The molecule has 0 bridgehead atoms. The fourth-order valence-electron chi connectivity index (χ4n) is 2.59. The molecular weight excluding hydrogens is 394 g/mol. The summed E-state index contributed by atoms with van der Waals surface area (Å²) >= 11 is 6.02. The number of nitrogens with one attached hydrogen (secondary N) is 1. The predicted molar refractivity (Wildman–Crippen MR) is 110 cm³/mol. The number of ether oxygens (including phenoxy) is 2. The minimum atomic E-state index is -0.762. The first-order valence-electron chi connectivity index (χ1n) is 9.17. The average Bonchev–Trinajstić information content (AvgIpc) is 3.13. The molecule has 8 heteroatoms. The number of anilines is 1. The molecule has 0 aliphatic heterocycles. The van der Waals surface area contributed by atoms with Gasteiger partial charge in [0.25, 0.3) is 5.91 Å². The van der Waals surface area contributed by atoms with Gasteiger partial charge in [-0.3, -0.25) is 4.79 Å². The quantitative estimate of drug-likeness (QED) is 0.591. The largest absolute Gasteiger partial charge is 0.491 e. The van der Waals surface area contributed by atoms with Crippen LogP contribution in [-0.2, 0) is 4.79 Å². The molecule has 1 amide bonds. The lowest BCUT2D eigenvalue weighted by Crippen LogP contribution is -2.30. The summed E-state index contributed by atoms with van der Waals surface area (Å²) in [6.07, 6.45) is -0.683. The highest BCUT2D eigenvalue weighted by Gasteiger charge is 2.20. The van der Waals surface area contributed by atoms with Crippen LogP contribution in [0.1, 0.15) is 26.3 Å². The second-order valence-electron chi connectivity index (χ2n) is 6.81. The molecule has 3 rings (SSSR count). The summed E-state index contributed by atoms with van der Waals surface area (Å²) in [4.78, 5) is 12.5. The smallest absolute Gasteiger partial charge is 0.266 e. The summed E-state index contributed by atoms with van der Waals surface area (Å²) in [6.45, 7) is 7.42. The maximum Gasteiger partial charge on any atom is 0.266 e. The number of aromatic nitrogens is 2. The van der Waals surface area contributed by atoms with E-state index in [0.29, 0.717) is 16.5 Å². The topological polar surface area (TPSA) is 86.5 Å². The van der Waals surface area contributed by atoms with Crippen molar-refractivity contribution in [3.8, 4) is 22.8 Å².